The zero-order valence-electron chi connectivity index (χ0n) is 11.4. The van der Waals surface area contributed by atoms with E-state index in [2.05, 4.69) is 49.2 Å². The summed E-state index contributed by atoms with van der Waals surface area (Å²) in [7, 11) is 2.27. The summed E-state index contributed by atoms with van der Waals surface area (Å²) in [5.74, 6) is 0. The van der Waals surface area contributed by atoms with Crippen LogP contribution in [0.1, 0.15) is 12.0 Å². The summed E-state index contributed by atoms with van der Waals surface area (Å²) in [6, 6.07) is 11.0. The molecule has 0 spiro atoms. The van der Waals surface area contributed by atoms with Gasteiger partial charge in [-0.15, -0.1) is 0 Å². The van der Waals surface area contributed by atoms with E-state index in [0.29, 0.717) is 6.42 Å². The second-order valence-electron chi connectivity index (χ2n) is 5.52. The van der Waals surface area contributed by atoms with Crippen LogP contribution in [-0.2, 0) is 0 Å². The van der Waals surface area contributed by atoms with Crippen LogP contribution in [0.15, 0.2) is 24.3 Å². The Hall–Kier alpha value is -1.53. The Morgan fingerprint density at radius 3 is 2.39 bits per heavy atom. The van der Waals surface area contributed by atoms with Gasteiger partial charge in [-0.2, -0.15) is 5.26 Å². The lowest BCUT2D eigenvalue weighted by Gasteiger charge is -2.42. The zero-order chi connectivity index (χ0) is 13.0. The number of anilines is 1. The standard InChI is InChI=1S/C15H22N3/c1-14-4-6-15(7-5-14)17-9-12-18(2,13-10-17)11-3-8-16/h4-7H,3,9-13H2,1-2H3/q+1. The van der Waals surface area contributed by atoms with E-state index in [-0.39, 0.29) is 0 Å². The zero-order valence-corrected chi connectivity index (χ0v) is 11.4. The van der Waals surface area contributed by atoms with Crippen molar-refractivity contribution in [3.63, 3.8) is 0 Å². The number of benzene rings is 1. The summed E-state index contributed by atoms with van der Waals surface area (Å²) in [6.45, 7) is 7.55. The third kappa shape index (κ3) is 3.02. The SMILES string of the molecule is Cc1ccc(N2CC[N+](C)(CCC#N)CC2)cc1. The molecule has 0 atom stereocenters. The number of piperazine rings is 1. The van der Waals surface area contributed by atoms with Gasteiger partial charge in [0.15, 0.2) is 0 Å². The summed E-state index contributed by atoms with van der Waals surface area (Å²) in [5, 5.41) is 8.70. The summed E-state index contributed by atoms with van der Waals surface area (Å²) < 4.78 is 1.04. The minimum absolute atomic E-state index is 0.668. The highest BCUT2D eigenvalue weighted by atomic mass is 15.4. The highest BCUT2D eigenvalue weighted by Crippen LogP contribution is 2.19. The number of nitrogens with zero attached hydrogens (tertiary/aromatic N) is 3. The van der Waals surface area contributed by atoms with Gasteiger partial charge < -0.3 is 9.38 Å². The molecule has 0 amide bonds. The maximum absolute atomic E-state index is 8.70. The first-order valence-corrected chi connectivity index (χ1v) is 6.65. The van der Waals surface area contributed by atoms with Crippen molar-refractivity contribution < 1.29 is 4.48 Å². The summed E-state index contributed by atoms with van der Waals surface area (Å²) in [5.41, 5.74) is 2.64. The molecule has 0 saturated carbocycles. The number of nitriles is 1. The van der Waals surface area contributed by atoms with Gasteiger partial charge in [0.25, 0.3) is 0 Å². The molecular weight excluding hydrogens is 222 g/mol. The molecule has 0 N–H and O–H groups in total. The van der Waals surface area contributed by atoms with Crippen LogP contribution < -0.4 is 4.90 Å². The highest BCUT2D eigenvalue weighted by molar-refractivity contribution is 5.47. The second-order valence-corrected chi connectivity index (χ2v) is 5.52. The van der Waals surface area contributed by atoms with Crippen molar-refractivity contribution in [2.45, 2.75) is 13.3 Å². The maximum Gasteiger partial charge on any atom is 0.0963 e. The van der Waals surface area contributed by atoms with E-state index >= 15 is 0 Å². The maximum atomic E-state index is 8.70. The number of aryl methyl sites for hydroxylation is 1. The molecule has 1 fully saturated rings. The lowest BCUT2D eigenvalue weighted by Crippen LogP contribution is -2.57. The molecule has 18 heavy (non-hydrogen) atoms. The number of likely N-dealkylation sites (N-methyl/N-ethyl adjacent to an activating group) is 1. The molecular formula is C15H22N3+. The molecule has 1 saturated heterocycles. The number of hydrogen-bond acceptors (Lipinski definition) is 2. The Morgan fingerprint density at radius 2 is 1.83 bits per heavy atom. The van der Waals surface area contributed by atoms with Gasteiger partial charge in [0, 0.05) is 5.69 Å². The Balaban J connectivity index is 1.94. The predicted octanol–water partition coefficient (Wildman–Crippen LogP) is 2.18. The molecule has 3 nitrogen and oxygen atoms in total. The van der Waals surface area contributed by atoms with E-state index in [1.807, 2.05) is 0 Å². The third-order valence-corrected chi connectivity index (χ3v) is 3.98. The third-order valence-electron chi connectivity index (χ3n) is 3.98. The van der Waals surface area contributed by atoms with Gasteiger partial charge in [0.05, 0.1) is 52.3 Å². The predicted molar refractivity (Wildman–Crippen MR) is 74.4 cm³/mol. The topological polar surface area (TPSA) is 27.0 Å². The van der Waals surface area contributed by atoms with E-state index in [1.165, 1.54) is 11.3 Å². The minimum atomic E-state index is 0.668. The van der Waals surface area contributed by atoms with Gasteiger partial charge in [-0.1, -0.05) is 17.7 Å². The van der Waals surface area contributed by atoms with Gasteiger partial charge >= 0.3 is 0 Å². The Kier molecular flexibility index (Phi) is 3.88. The summed E-state index contributed by atoms with van der Waals surface area (Å²) >= 11 is 0. The van der Waals surface area contributed by atoms with Crippen molar-refractivity contribution in [1.82, 2.24) is 0 Å². The van der Waals surface area contributed by atoms with Crippen LogP contribution >= 0.6 is 0 Å². The van der Waals surface area contributed by atoms with Gasteiger partial charge in [0.1, 0.15) is 0 Å². The smallest absolute Gasteiger partial charge is 0.0963 e. The molecule has 1 heterocycles. The van der Waals surface area contributed by atoms with E-state index < -0.39 is 0 Å². The van der Waals surface area contributed by atoms with Crippen molar-refractivity contribution >= 4 is 5.69 Å². The lowest BCUT2D eigenvalue weighted by molar-refractivity contribution is -0.909. The van der Waals surface area contributed by atoms with Crippen molar-refractivity contribution in [1.29, 1.82) is 5.26 Å². The molecule has 1 aliphatic rings. The first kappa shape index (κ1) is 12.9. The van der Waals surface area contributed by atoms with E-state index in [4.69, 9.17) is 5.26 Å². The normalized spacial score (nSPS) is 18.4. The molecule has 3 heteroatoms. The van der Waals surface area contributed by atoms with E-state index in [0.717, 1.165) is 37.2 Å². The lowest BCUT2D eigenvalue weighted by atomic mass is 10.2. The van der Waals surface area contributed by atoms with Crippen molar-refractivity contribution in [2.24, 2.45) is 0 Å². The van der Waals surface area contributed by atoms with Crippen molar-refractivity contribution in [3.05, 3.63) is 29.8 Å². The Morgan fingerprint density at radius 1 is 1.22 bits per heavy atom. The van der Waals surface area contributed by atoms with Crippen LogP contribution in [0, 0.1) is 18.3 Å². The summed E-state index contributed by atoms with van der Waals surface area (Å²) in [4.78, 5) is 2.45. The largest absolute Gasteiger partial charge is 0.360 e. The van der Waals surface area contributed by atoms with Gasteiger partial charge in [-0.05, 0) is 19.1 Å². The van der Waals surface area contributed by atoms with Gasteiger partial charge in [-0.3, -0.25) is 0 Å². The quantitative estimate of drug-likeness (QED) is 0.762. The molecule has 96 valence electrons. The molecule has 2 rings (SSSR count). The second kappa shape index (κ2) is 5.41. The fourth-order valence-electron chi connectivity index (χ4n) is 2.51. The van der Waals surface area contributed by atoms with Crippen LogP contribution in [0.25, 0.3) is 0 Å². The van der Waals surface area contributed by atoms with Crippen LogP contribution in [0.3, 0.4) is 0 Å². The van der Waals surface area contributed by atoms with Gasteiger partial charge in [-0.25, -0.2) is 0 Å². The fraction of sp³-hybridized carbons (Fsp3) is 0.533. The first-order chi connectivity index (χ1) is 8.63. The molecule has 0 radical (unpaired) electrons. The molecule has 0 unspecified atom stereocenters. The number of hydrogen-bond donors (Lipinski definition) is 0. The first-order valence-electron chi connectivity index (χ1n) is 6.65. The average molecular weight is 244 g/mol. The Labute approximate surface area is 110 Å². The average Bonchev–Trinajstić information content (AvgIpc) is 2.39. The van der Waals surface area contributed by atoms with E-state index in [9.17, 15) is 0 Å². The van der Waals surface area contributed by atoms with Crippen molar-refractivity contribution in [2.75, 3.05) is 44.7 Å². The number of quaternary nitrogens is 1. The molecule has 0 aliphatic carbocycles. The molecule has 0 aromatic heterocycles. The fourth-order valence-corrected chi connectivity index (χ4v) is 2.51. The Bertz CT molecular complexity index is 422. The van der Waals surface area contributed by atoms with Crippen LogP contribution in [0.5, 0.6) is 0 Å². The van der Waals surface area contributed by atoms with Crippen LogP contribution in [-0.4, -0.2) is 44.3 Å². The molecule has 0 bridgehead atoms. The van der Waals surface area contributed by atoms with Crippen molar-refractivity contribution in [3.8, 4) is 6.07 Å². The highest BCUT2D eigenvalue weighted by Gasteiger charge is 2.28. The monoisotopic (exact) mass is 244 g/mol. The molecule has 1 aromatic carbocycles. The van der Waals surface area contributed by atoms with Crippen LogP contribution in [0.4, 0.5) is 5.69 Å². The molecule has 1 aromatic rings. The minimum Gasteiger partial charge on any atom is -0.360 e. The summed E-state index contributed by atoms with van der Waals surface area (Å²) in [6.07, 6.45) is 0.668. The van der Waals surface area contributed by atoms with Crippen LogP contribution in [0.2, 0.25) is 0 Å². The van der Waals surface area contributed by atoms with Gasteiger partial charge in [0.2, 0.25) is 0 Å². The van der Waals surface area contributed by atoms with E-state index in [1.54, 1.807) is 0 Å². The molecule has 1 aliphatic heterocycles. The number of rotatable bonds is 3.